The first kappa shape index (κ1) is 16.3. The maximum Gasteiger partial charge on any atom is 0.405 e. The van der Waals surface area contributed by atoms with Gasteiger partial charge in [0.15, 0.2) is 0 Å². The average molecular weight is 331 g/mol. The third kappa shape index (κ3) is 2.50. The molecule has 0 saturated carbocycles. The van der Waals surface area contributed by atoms with Gasteiger partial charge in [0.05, 0.1) is 0 Å². The van der Waals surface area contributed by atoms with Gasteiger partial charge < -0.3 is 5.32 Å². The fraction of sp³-hybridized carbons (Fsp3) is 0.211. The smallest absolute Gasteiger partial charge is 0.346 e. The fourth-order valence-corrected chi connectivity index (χ4v) is 3.43. The highest BCUT2D eigenvalue weighted by molar-refractivity contribution is 6.00. The van der Waals surface area contributed by atoms with Gasteiger partial charge in [-0.3, -0.25) is 4.79 Å². The largest absolute Gasteiger partial charge is 0.405 e. The molecule has 0 fully saturated rings. The van der Waals surface area contributed by atoms with Crippen molar-refractivity contribution < 1.29 is 18.0 Å². The minimum absolute atomic E-state index is 0.227. The van der Waals surface area contributed by atoms with Crippen molar-refractivity contribution in [3.63, 3.8) is 0 Å². The molecule has 0 unspecified atom stereocenters. The summed E-state index contributed by atoms with van der Waals surface area (Å²) in [5.74, 6) is -0.655. The van der Waals surface area contributed by atoms with E-state index in [0.29, 0.717) is 11.1 Å². The summed E-state index contributed by atoms with van der Waals surface area (Å²) in [6.07, 6.45) is -2.65. The van der Waals surface area contributed by atoms with Gasteiger partial charge in [-0.15, -0.1) is 6.58 Å². The fourth-order valence-electron chi connectivity index (χ4n) is 3.43. The molecule has 0 aromatic heterocycles. The minimum atomic E-state index is -4.46. The van der Waals surface area contributed by atoms with Crippen molar-refractivity contribution in [2.75, 3.05) is 6.54 Å². The average Bonchev–Trinajstić information content (AvgIpc) is 2.84. The van der Waals surface area contributed by atoms with Crippen molar-refractivity contribution in [3.05, 3.63) is 72.3 Å². The van der Waals surface area contributed by atoms with Crippen molar-refractivity contribution in [3.8, 4) is 11.1 Å². The Morgan fingerprint density at radius 2 is 1.54 bits per heavy atom. The molecule has 5 heteroatoms. The number of halogens is 3. The molecule has 1 N–H and O–H groups in total. The molecule has 1 amide bonds. The van der Waals surface area contributed by atoms with Gasteiger partial charge in [-0.1, -0.05) is 54.6 Å². The van der Waals surface area contributed by atoms with Crippen LogP contribution in [-0.4, -0.2) is 18.6 Å². The normalized spacial score (nSPS) is 14.6. The number of carbonyl (C=O) groups excluding carboxylic acids is 1. The predicted octanol–water partition coefficient (Wildman–Crippen LogP) is 4.21. The molecule has 0 spiro atoms. The summed E-state index contributed by atoms with van der Waals surface area (Å²) >= 11 is 0. The molecular formula is C19H16F3NO. The van der Waals surface area contributed by atoms with Crippen LogP contribution in [0.1, 0.15) is 17.5 Å². The summed E-state index contributed by atoms with van der Waals surface area (Å²) in [4.78, 5) is 12.9. The van der Waals surface area contributed by atoms with Crippen molar-refractivity contribution in [1.82, 2.24) is 5.32 Å². The van der Waals surface area contributed by atoms with Crippen LogP contribution >= 0.6 is 0 Å². The molecule has 3 rings (SSSR count). The van der Waals surface area contributed by atoms with E-state index in [2.05, 4.69) is 11.9 Å². The molecule has 2 nitrogen and oxygen atoms in total. The predicted molar refractivity (Wildman–Crippen MR) is 86.5 cm³/mol. The molecule has 124 valence electrons. The number of rotatable bonds is 4. The highest BCUT2D eigenvalue weighted by atomic mass is 19.4. The Labute approximate surface area is 138 Å². The Hall–Kier alpha value is -2.56. The molecule has 2 aromatic carbocycles. The van der Waals surface area contributed by atoms with E-state index in [1.54, 1.807) is 30.3 Å². The SMILES string of the molecule is C=CCC1(C(=O)NCC(F)(F)F)c2ccccc2-c2ccccc21. The highest BCUT2D eigenvalue weighted by Gasteiger charge is 2.48. The Morgan fingerprint density at radius 1 is 1.04 bits per heavy atom. The van der Waals surface area contributed by atoms with Crippen LogP contribution in [0, 0.1) is 0 Å². The van der Waals surface area contributed by atoms with E-state index in [4.69, 9.17) is 0 Å². The van der Waals surface area contributed by atoms with Gasteiger partial charge in [0.1, 0.15) is 12.0 Å². The number of allylic oxidation sites excluding steroid dienone is 1. The number of carbonyl (C=O) groups is 1. The monoisotopic (exact) mass is 331 g/mol. The van der Waals surface area contributed by atoms with E-state index in [1.807, 2.05) is 24.3 Å². The van der Waals surface area contributed by atoms with E-state index in [1.165, 1.54) is 0 Å². The number of hydrogen-bond donors (Lipinski definition) is 1. The zero-order chi connectivity index (χ0) is 17.4. The molecule has 0 saturated heterocycles. The number of fused-ring (bicyclic) bond motifs is 3. The Bertz CT molecular complexity index is 750. The van der Waals surface area contributed by atoms with Crippen LogP contribution in [0.15, 0.2) is 61.2 Å². The van der Waals surface area contributed by atoms with Crippen LogP contribution in [-0.2, 0) is 10.2 Å². The van der Waals surface area contributed by atoms with Crippen molar-refractivity contribution in [1.29, 1.82) is 0 Å². The van der Waals surface area contributed by atoms with Crippen molar-refractivity contribution in [2.45, 2.75) is 18.0 Å². The number of nitrogens with one attached hydrogen (secondary N) is 1. The number of amides is 1. The van der Waals surface area contributed by atoms with E-state index in [9.17, 15) is 18.0 Å². The zero-order valence-electron chi connectivity index (χ0n) is 12.9. The Balaban J connectivity index is 2.16. The van der Waals surface area contributed by atoms with Crippen molar-refractivity contribution in [2.24, 2.45) is 0 Å². The molecular weight excluding hydrogens is 315 g/mol. The maximum atomic E-state index is 12.9. The topological polar surface area (TPSA) is 29.1 Å². The Kier molecular flexibility index (Phi) is 3.95. The second kappa shape index (κ2) is 5.82. The summed E-state index contributed by atoms with van der Waals surface area (Å²) in [6, 6.07) is 14.7. The van der Waals surface area contributed by atoms with Crippen LogP contribution < -0.4 is 5.32 Å². The van der Waals surface area contributed by atoms with Crippen LogP contribution in [0.2, 0.25) is 0 Å². The lowest BCUT2D eigenvalue weighted by atomic mass is 9.74. The summed E-state index contributed by atoms with van der Waals surface area (Å²) in [6.45, 7) is 2.35. The lowest BCUT2D eigenvalue weighted by molar-refractivity contribution is -0.140. The van der Waals surface area contributed by atoms with Gasteiger partial charge in [-0.05, 0) is 28.7 Å². The Morgan fingerprint density at radius 3 is 2.00 bits per heavy atom. The molecule has 24 heavy (non-hydrogen) atoms. The maximum absolute atomic E-state index is 12.9. The second-order valence-corrected chi connectivity index (χ2v) is 5.79. The van der Waals surface area contributed by atoms with Crippen LogP contribution in [0.25, 0.3) is 11.1 Å². The molecule has 1 aliphatic carbocycles. The molecule has 1 aliphatic rings. The standard InChI is InChI=1S/C19H16F3NO/c1-2-11-18(17(24)23-12-19(20,21)22)15-9-5-3-7-13(15)14-8-4-6-10-16(14)18/h2-10H,1,11-12H2,(H,23,24). The quantitative estimate of drug-likeness (QED) is 0.836. The first-order valence-electron chi connectivity index (χ1n) is 7.55. The summed E-state index contributed by atoms with van der Waals surface area (Å²) in [5.41, 5.74) is 1.99. The first-order valence-corrected chi connectivity index (χ1v) is 7.55. The lowest BCUT2D eigenvalue weighted by Gasteiger charge is -2.30. The number of alkyl halides is 3. The van der Waals surface area contributed by atoms with E-state index in [-0.39, 0.29) is 6.42 Å². The molecule has 2 aromatic rings. The van der Waals surface area contributed by atoms with Crippen molar-refractivity contribution >= 4 is 5.91 Å². The third-order valence-corrected chi connectivity index (χ3v) is 4.35. The molecule has 0 heterocycles. The van der Waals surface area contributed by atoms with Gasteiger partial charge in [-0.2, -0.15) is 13.2 Å². The van der Waals surface area contributed by atoms with E-state index < -0.39 is 24.0 Å². The van der Waals surface area contributed by atoms with E-state index in [0.717, 1.165) is 11.1 Å². The lowest BCUT2D eigenvalue weighted by Crippen LogP contribution is -2.46. The van der Waals surface area contributed by atoms with Crippen LogP contribution in [0.5, 0.6) is 0 Å². The minimum Gasteiger partial charge on any atom is -0.346 e. The molecule has 0 radical (unpaired) electrons. The molecule has 0 aliphatic heterocycles. The van der Waals surface area contributed by atoms with Gasteiger partial charge in [-0.25, -0.2) is 0 Å². The molecule has 0 bridgehead atoms. The van der Waals surface area contributed by atoms with Crippen LogP contribution in [0.4, 0.5) is 13.2 Å². The summed E-state index contributed by atoms with van der Waals surface area (Å²) < 4.78 is 37.7. The number of benzene rings is 2. The third-order valence-electron chi connectivity index (χ3n) is 4.35. The number of hydrogen-bond acceptors (Lipinski definition) is 1. The first-order chi connectivity index (χ1) is 11.4. The summed E-state index contributed by atoms with van der Waals surface area (Å²) in [5, 5.41) is 2.06. The van der Waals surface area contributed by atoms with Gasteiger partial charge in [0, 0.05) is 0 Å². The van der Waals surface area contributed by atoms with Gasteiger partial charge >= 0.3 is 6.18 Å². The van der Waals surface area contributed by atoms with Crippen LogP contribution in [0.3, 0.4) is 0 Å². The molecule has 0 atom stereocenters. The highest BCUT2D eigenvalue weighted by Crippen LogP contribution is 2.51. The van der Waals surface area contributed by atoms with E-state index >= 15 is 0 Å². The second-order valence-electron chi connectivity index (χ2n) is 5.79. The zero-order valence-corrected chi connectivity index (χ0v) is 12.9. The summed E-state index contributed by atoms with van der Waals surface area (Å²) in [7, 11) is 0. The van der Waals surface area contributed by atoms with Gasteiger partial charge in [0.2, 0.25) is 5.91 Å². The van der Waals surface area contributed by atoms with Gasteiger partial charge in [0.25, 0.3) is 0 Å².